The number of carbonyl (C=O) groups is 3. The largest absolute Gasteiger partial charge is 0.454 e. The second-order valence-electron chi connectivity index (χ2n) is 8.61. The molecule has 8 heteroatoms. The van der Waals surface area contributed by atoms with Crippen LogP contribution in [-0.4, -0.2) is 58.7 Å². The number of ether oxygens (including phenoxy) is 1. The number of benzene rings is 2. The van der Waals surface area contributed by atoms with Crippen LogP contribution in [0.1, 0.15) is 48.6 Å². The fourth-order valence-electron chi connectivity index (χ4n) is 4.45. The minimum atomic E-state index is -0.364. The Balaban J connectivity index is 1.23. The molecule has 2 aliphatic heterocycles. The van der Waals surface area contributed by atoms with E-state index in [1.807, 2.05) is 48.7 Å². The summed E-state index contributed by atoms with van der Waals surface area (Å²) in [7, 11) is 0. The summed E-state index contributed by atoms with van der Waals surface area (Å²) in [6.45, 7) is 3.88. The van der Waals surface area contributed by atoms with E-state index in [1.165, 1.54) is 11.3 Å². The van der Waals surface area contributed by atoms with Gasteiger partial charge in [-0.2, -0.15) is 0 Å². The van der Waals surface area contributed by atoms with E-state index < -0.39 is 0 Å². The Morgan fingerprint density at radius 1 is 1.06 bits per heavy atom. The highest BCUT2D eigenvalue weighted by Crippen LogP contribution is 2.31. The number of carbonyl (C=O) groups excluding carboxylic acids is 3. The predicted octanol–water partition coefficient (Wildman–Crippen LogP) is 3.43. The Hall–Kier alpha value is -3.52. The first-order valence-corrected chi connectivity index (χ1v) is 12.2. The number of hydrogen-bond donors (Lipinski definition) is 0. The fourth-order valence-corrected chi connectivity index (χ4v) is 5.21. The second-order valence-corrected chi connectivity index (χ2v) is 9.56. The Kier molecular flexibility index (Phi) is 6.15. The van der Waals surface area contributed by atoms with Gasteiger partial charge < -0.3 is 14.5 Å². The lowest BCUT2D eigenvalue weighted by Gasteiger charge is -2.35. The van der Waals surface area contributed by atoms with E-state index in [0.717, 1.165) is 21.8 Å². The Labute approximate surface area is 202 Å². The lowest BCUT2D eigenvalue weighted by molar-refractivity contribution is -0.131. The molecule has 34 heavy (non-hydrogen) atoms. The van der Waals surface area contributed by atoms with Gasteiger partial charge >= 0.3 is 5.97 Å². The first-order chi connectivity index (χ1) is 16.5. The summed E-state index contributed by atoms with van der Waals surface area (Å²) in [5.41, 5.74) is 3.75. The van der Waals surface area contributed by atoms with Crippen LogP contribution in [0.3, 0.4) is 0 Å². The third-order valence-electron chi connectivity index (χ3n) is 6.29. The minimum Gasteiger partial charge on any atom is -0.454 e. The van der Waals surface area contributed by atoms with Gasteiger partial charge in [-0.15, -0.1) is 11.3 Å². The molecule has 3 heterocycles. The van der Waals surface area contributed by atoms with E-state index in [9.17, 15) is 14.4 Å². The monoisotopic (exact) mass is 475 g/mol. The van der Waals surface area contributed by atoms with Crippen molar-refractivity contribution in [2.24, 2.45) is 0 Å². The lowest BCUT2D eigenvalue weighted by Crippen LogP contribution is -2.51. The summed E-state index contributed by atoms with van der Waals surface area (Å²) in [6, 6.07) is 14.8. The molecule has 7 nitrogen and oxygen atoms in total. The fraction of sp³-hybridized carbons (Fsp3) is 0.308. The van der Waals surface area contributed by atoms with Gasteiger partial charge in [0.15, 0.2) is 0 Å². The SMILES string of the molecule is Cc1csc(CC(=O)N2CCN(C(=O)c3ccc4c(c3)CC(c3ccccc3)OC4=O)CC2)n1. The summed E-state index contributed by atoms with van der Waals surface area (Å²) in [4.78, 5) is 46.3. The summed E-state index contributed by atoms with van der Waals surface area (Å²) >= 11 is 1.50. The molecule has 0 saturated carbocycles. The smallest absolute Gasteiger partial charge is 0.339 e. The molecular formula is C26H25N3O4S. The van der Waals surface area contributed by atoms with E-state index >= 15 is 0 Å². The summed E-state index contributed by atoms with van der Waals surface area (Å²) in [6.07, 6.45) is 0.475. The van der Waals surface area contributed by atoms with Crippen molar-refractivity contribution in [3.05, 3.63) is 86.9 Å². The highest BCUT2D eigenvalue weighted by molar-refractivity contribution is 7.09. The number of aryl methyl sites for hydroxylation is 1. The maximum Gasteiger partial charge on any atom is 0.339 e. The van der Waals surface area contributed by atoms with Crippen LogP contribution in [-0.2, 0) is 22.4 Å². The van der Waals surface area contributed by atoms with Crippen molar-refractivity contribution < 1.29 is 19.1 Å². The number of esters is 1. The van der Waals surface area contributed by atoms with Gasteiger partial charge in [0.05, 0.1) is 12.0 Å². The molecule has 3 aromatic rings. The van der Waals surface area contributed by atoms with Gasteiger partial charge in [0.2, 0.25) is 5.91 Å². The number of fused-ring (bicyclic) bond motifs is 1. The zero-order chi connectivity index (χ0) is 23.7. The molecule has 2 aliphatic rings. The average molecular weight is 476 g/mol. The van der Waals surface area contributed by atoms with Crippen molar-refractivity contribution in [2.45, 2.75) is 25.9 Å². The molecule has 0 radical (unpaired) electrons. The Morgan fingerprint density at radius 3 is 2.50 bits per heavy atom. The van der Waals surface area contributed by atoms with Crippen LogP contribution in [0.5, 0.6) is 0 Å². The second kappa shape index (κ2) is 9.38. The molecule has 2 amide bonds. The molecule has 5 rings (SSSR count). The quantitative estimate of drug-likeness (QED) is 0.540. The van der Waals surface area contributed by atoms with Gasteiger partial charge in [-0.25, -0.2) is 9.78 Å². The molecule has 0 aliphatic carbocycles. The zero-order valence-corrected chi connectivity index (χ0v) is 19.7. The number of piperazine rings is 1. The normalized spacial score (nSPS) is 17.8. The highest BCUT2D eigenvalue weighted by atomic mass is 32.1. The molecular weight excluding hydrogens is 450 g/mol. The highest BCUT2D eigenvalue weighted by Gasteiger charge is 2.30. The number of thiazole rings is 1. The molecule has 1 saturated heterocycles. The van der Waals surface area contributed by atoms with E-state index in [-0.39, 0.29) is 23.9 Å². The third-order valence-corrected chi connectivity index (χ3v) is 7.25. The van der Waals surface area contributed by atoms with Crippen molar-refractivity contribution in [1.29, 1.82) is 0 Å². The molecule has 174 valence electrons. The van der Waals surface area contributed by atoms with Crippen molar-refractivity contribution in [1.82, 2.24) is 14.8 Å². The molecule has 0 bridgehead atoms. The Bertz CT molecular complexity index is 1230. The van der Waals surface area contributed by atoms with Crippen LogP contribution in [0.25, 0.3) is 0 Å². The van der Waals surface area contributed by atoms with Crippen molar-refractivity contribution in [3.63, 3.8) is 0 Å². The third kappa shape index (κ3) is 4.59. The number of rotatable bonds is 4. The number of nitrogens with zero attached hydrogens (tertiary/aromatic N) is 3. The number of hydrogen-bond acceptors (Lipinski definition) is 6. The molecule has 1 fully saturated rings. The van der Waals surface area contributed by atoms with Crippen molar-refractivity contribution in [3.8, 4) is 0 Å². The van der Waals surface area contributed by atoms with Crippen LogP contribution in [0.4, 0.5) is 0 Å². The van der Waals surface area contributed by atoms with Crippen molar-refractivity contribution >= 4 is 29.1 Å². The molecule has 1 atom stereocenters. The summed E-state index contributed by atoms with van der Waals surface area (Å²) < 4.78 is 5.62. The molecule has 2 aromatic carbocycles. The molecule has 1 aromatic heterocycles. The van der Waals surface area contributed by atoms with Gasteiger partial charge in [-0.05, 0) is 36.2 Å². The number of aromatic nitrogens is 1. The summed E-state index contributed by atoms with van der Waals surface area (Å²) in [5.74, 6) is -0.405. The van der Waals surface area contributed by atoms with E-state index in [2.05, 4.69) is 4.98 Å². The van der Waals surface area contributed by atoms with Crippen molar-refractivity contribution in [2.75, 3.05) is 26.2 Å². The van der Waals surface area contributed by atoms with Crippen LogP contribution in [0.15, 0.2) is 53.9 Å². The number of cyclic esters (lactones) is 1. The number of amides is 2. The van der Waals surface area contributed by atoms with E-state index in [4.69, 9.17) is 4.74 Å². The molecule has 0 N–H and O–H groups in total. The predicted molar refractivity (Wildman–Crippen MR) is 128 cm³/mol. The first-order valence-electron chi connectivity index (χ1n) is 11.3. The van der Waals surface area contributed by atoms with Gasteiger partial charge in [-0.3, -0.25) is 9.59 Å². The van der Waals surface area contributed by atoms with Gasteiger partial charge in [-0.1, -0.05) is 30.3 Å². The van der Waals surface area contributed by atoms with Gasteiger partial charge in [0.1, 0.15) is 11.1 Å². The van der Waals surface area contributed by atoms with Crippen LogP contribution in [0, 0.1) is 6.92 Å². The first kappa shape index (κ1) is 22.3. The minimum absolute atomic E-state index is 0.0423. The zero-order valence-electron chi connectivity index (χ0n) is 18.9. The topological polar surface area (TPSA) is 79.8 Å². The Morgan fingerprint density at radius 2 is 1.79 bits per heavy atom. The van der Waals surface area contributed by atoms with E-state index in [1.54, 1.807) is 21.9 Å². The maximum atomic E-state index is 13.2. The van der Waals surface area contributed by atoms with Crippen LogP contribution >= 0.6 is 11.3 Å². The molecule has 0 spiro atoms. The van der Waals surface area contributed by atoms with Crippen LogP contribution < -0.4 is 0 Å². The van der Waals surface area contributed by atoms with Gasteiger partial charge in [0.25, 0.3) is 5.91 Å². The van der Waals surface area contributed by atoms with Crippen LogP contribution in [0.2, 0.25) is 0 Å². The van der Waals surface area contributed by atoms with E-state index in [0.29, 0.717) is 50.1 Å². The maximum absolute atomic E-state index is 13.2. The average Bonchev–Trinajstić information content (AvgIpc) is 3.28. The summed E-state index contributed by atoms with van der Waals surface area (Å²) in [5, 5.41) is 2.77. The van der Waals surface area contributed by atoms with Gasteiger partial charge in [0, 0.05) is 49.2 Å². The molecule has 1 unspecified atom stereocenters. The standard InChI is InChI=1S/C26H25N3O4S/c1-17-16-34-23(27-17)15-24(30)28-9-11-29(12-10-28)25(31)19-7-8-21-20(13-19)14-22(33-26(21)32)18-5-3-2-4-6-18/h2-8,13,16,22H,9-12,14-15H2,1H3. The lowest BCUT2D eigenvalue weighted by atomic mass is 9.93.